The number of hydrogen-bond donors (Lipinski definition) is 0. The lowest BCUT2D eigenvalue weighted by molar-refractivity contribution is 0.200. The van der Waals surface area contributed by atoms with Gasteiger partial charge in [-0.25, -0.2) is 0 Å². The van der Waals surface area contributed by atoms with Crippen molar-refractivity contribution in [3.63, 3.8) is 0 Å². The molecule has 0 N–H and O–H groups in total. The van der Waals surface area contributed by atoms with Crippen LogP contribution in [0.15, 0.2) is 37.9 Å². The third kappa shape index (κ3) is 2.43. The van der Waals surface area contributed by atoms with Gasteiger partial charge < -0.3 is 13.5 Å². The molecule has 0 amide bonds. The third-order valence-corrected chi connectivity index (χ3v) is 3.88. The number of furan rings is 1. The zero-order chi connectivity index (χ0) is 14.9. The highest BCUT2D eigenvalue weighted by Crippen LogP contribution is 2.33. The molecule has 22 heavy (non-hydrogen) atoms. The highest BCUT2D eigenvalue weighted by Gasteiger charge is 2.30. The first-order valence-corrected chi connectivity index (χ1v) is 7.33. The van der Waals surface area contributed by atoms with Crippen LogP contribution in [0.2, 0.25) is 0 Å². The van der Waals surface area contributed by atoms with Crippen LogP contribution in [0.3, 0.4) is 0 Å². The van der Waals surface area contributed by atoms with E-state index in [1.165, 1.54) is 0 Å². The minimum atomic E-state index is 0.228. The van der Waals surface area contributed by atoms with Crippen molar-refractivity contribution in [1.29, 1.82) is 0 Å². The van der Waals surface area contributed by atoms with Crippen LogP contribution in [0.25, 0.3) is 11.7 Å². The molecule has 1 saturated heterocycles. The maximum atomic E-state index is 5.41. The molecule has 4 heterocycles. The van der Waals surface area contributed by atoms with Gasteiger partial charge in [-0.2, -0.15) is 4.98 Å². The lowest BCUT2D eigenvalue weighted by atomic mass is 10.1. The SMILES string of the molecule is Cc1cc(C2CCCN2Cc2noc(-c3ccco3)n2)on1. The predicted octanol–water partition coefficient (Wildman–Crippen LogP) is 2.96. The van der Waals surface area contributed by atoms with Crippen molar-refractivity contribution in [3.8, 4) is 11.7 Å². The molecule has 7 heteroatoms. The van der Waals surface area contributed by atoms with E-state index in [2.05, 4.69) is 20.2 Å². The molecule has 0 radical (unpaired) electrons. The molecule has 1 unspecified atom stereocenters. The van der Waals surface area contributed by atoms with E-state index in [9.17, 15) is 0 Å². The van der Waals surface area contributed by atoms with Crippen LogP contribution in [-0.4, -0.2) is 26.7 Å². The van der Waals surface area contributed by atoms with Gasteiger partial charge in [0.1, 0.15) is 0 Å². The van der Waals surface area contributed by atoms with Gasteiger partial charge in [-0.15, -0.1) is 0 Å². The van der Waals surface area contributed by atoms with Crippen molar-refractivity contribution < 1.29 is 13.5 Å². The van der Waals surface area contributed by atoms with Crippen LogP contribution in [0.1, 0.15) is 36.2 Å². The molecule has 7 nitrogen and oxygen atoms in total. The molecule has 0 saturated carbocycles. The number of rotatable bonds is 4. The van der Waals surface area contributed by atoms with Gasteiger partial charge in [0.25, 0.3) is 5.89 Å². The van der Waals surface area contributed by atoms with E-state index in [0.717, 1.165) is 30.8 Å². The summed E-state index contributed by atoms with van der Waals surface area (Å²) in [6, 6.07) is 5.81. The second kappa shape index (κ2) is 5.42. The largest absolute Gasteiger partial charge is 0.459 e. The molecule has 1 atom stereocenters. The average Bonchev–Trinajstić information content (AvgIpc) is 3.26. The van der Waals surface area contributed by atoms with Crippen LogP contribution < -0.4 is 0 Å². The topological polar surface area (TPSA) is 81.3 Å². The van der Waals surface area contributed by atoms with Gasteiger partial charge >= 0.3 is 0 Å². The monoisotopic (exact) mass is 300 g/mol. The fourth-order valence-corrected chi connectivity index (χ4v) is 2.88. The van der Waals surface area contributed by atoms with Crippen LogP contribution in [0.5, 0.6) is 0 Å². The van der Waals surface area contributed by atoms with E-state index in [1.807, 2.05) is 13.0 Å². The van der Waals surface area contributed by atoms with Crippen molar-refractivity contribution in [2.75, 3.05) is 6.54 Å². The van der Waals surface area contributed by atoms with E-state index in [0.29, 0.717) is 24.0 Å². The van der Waals surface area contributed by atoms with Gasteiger partial charge in [0.2, 0.25) is 0 Å². The molecule has 3 aromatic heterocycles. The molecule has 114 valence electrons. The summed E-state index contributed by atoms with van der Waals surface area (Å²) < 4.78 is 15.9. The lowest BCUT2D eigenvalue weighted by Crippen LogP contribution is -2.23. The molecule has 0 aromatic carbocycles. The summed E-state index contributed by atoms with van der Waals surface area (Å²) in [4.78, 5) is 6.68. The Hall–Kier alpha value is -2.41. The maximum absolute atomic E-state index is 5.41. The van der Waals surface area contributed by atoms with Crippen molar-refractivity contribution in [2.24, 2.45) is 0 Å². The summed E-state index contributed by atoms with van der Waals surface area (Å²) in [5, 5.41) is 8.01. The Morgan fingerprint density at radius 1 is 1.32 bits per heavy atom. The number of likely N-dealkylation sites (tertiary alicyclic amines) is 1. The Bertz CT molecular complexity index is 747. The van der Waals surface area contributed by atoms with Crippen LogP contribution in [0.4, 0.5) is 0 Å². The summed E-state index contributed by atoms with van der Waals surface area (Å²) in [5.74, 6) is 2.55. The molecular formula is C15H16N4O3. The molecule has 1 fully saturated rings. The maximum Gasteiger partial charge on any atom is 0.293 e. The zero-order valence-electron chi connectivity index (χ0n) is 12.2. The van der Waals surface area contributed by atoms with Crippen molar-refractivity contribution in [1.82, 2.24) is 20.2 Å². The minimum absolute atomic E-state index is 0.228. The van der Waals surface area contributed by atoms with E-state index < -0.39 is 0 Å². The van der Waals surface area contributed by atoms with Crippen LogP contribution in [0, 0.1) is 6.92 Å². The van der Waals surface area contributed by atoms with E-state index in [-0.39, 0.29) is 6.04 Å². The molecule has 0 spiro atoms. The van der Waals surface area contributed by atoms with Gasteiger partial charge in [0, 0.05) is 6.07 Å². The van der Waals surface area contributed by atoms with E-state index >= 15 is 0 Å². The number of aryl methyl sites for hydroxylation is 1. The van der Waals surface area contributed by atoms with Crippen molar-refractivity contribution in [2.45, 2.75) is 32.4 Å². The Kier molecular flexibility index (Phi) is 3.27. The first-order chi connectivity index (χ1) is 10.8. The van der Waals surface area contributed by atoms with Gasteiger partial charge in [-0.3, -0.25) is 4.90 Å². The molecule has 0 aliphatic carbocycles. The molecule has 1 aliphatic heterocycles. The Morgan fingerprint density at radius 2 is 2.27 bits per heavy atom. The van der Waals surface area contributed by atoms with Crippen LogP contribution in [-0.2, 0) is 6.54 Å². The summed E-state index contributed by atoms with van der Waals surface area (Å²) >= 11 is 0. The lowest BCUT2D eigenvalue weighted by Gasteiger charge is -2.20. The Morgan fingerprint density at radius 3 is 3.05 bits per heavy atom. The summed E-state index contributed by atoms with van der Waals surface area (Å²) in [6.45, 7) is 3.53. The third-order valence-electron chi connectivity index (χ3n) is 3.88. The molecule has 1 aliphatic rings. The Labute approximate surface area is 126 Å². The molecule has 4 rings (SSSR count). The quantitative estimate of drug-likeness (QED) is 0.732. The van der Waals surface area contributed by atoms with Gasteiger partial charge in [0.05, 0.1) is 24.5 Å². The highest BCUT2D eigenvalue weighted by molar-refractivity contribution is 5.42. The van der Waals surface area contributed by atoms with E-state index in [4.69, 9.17) is 13.5 Å². The standard InChI is InChI=1S/C15H16N4O3/c1-10-8-13(21-17-10)11-4-2-6-19(11)9-14-16-15(22-18-14)12-5-3-7-20-12/h3,5,7-8,11H,2,4,6,9H2,1H3. The average molecular weight is 300 g/mol. The van der Waals surface area contributed by atoms with Gasteiger partial charge in [-0.05, 0) is 38.4 Å². The first-order valence-electron chi connectivity index (χ1n) is 7.33. The number of hydrogen-bond acceptors (Lipinski definition) is 7. The molecule has 0 bridgehead atoms. The van der Waals surface area contributed by atoms with Crippen LogP contribution >= 0.6 is 0 Å². The normalized spacial score (nSPS) is 19.0. The smallest absolute Gasteiger partial charge is 0.293 e. The van der Waals surface area contributed by atoms with Crippen molar-refractivity contribution >= 4 is 0 Å². The summed E-state index contributed by atoms with van der Waals surface area (Å²) in [5.41, 5.74) is 0.904. The zero-order valence-corrected chi connectivity index (χ0v) is 12.2. The first kappa shape index (κ1) is 13.3. The molecular weight excluding hydrogens is 284 g/mol. The summed E-state index contributed by atoms with van der Waals surface area (Å²) in [7, 11) is 0. The second-order valence-electron chi connectivity index (χ2n) is 5.49. The predicted molar refractivity (Wildman–Crippen MR) is 75.6 cm³/mol. The number of aromatic nitrogens is 3. The molecule has 3 aromatic rings. The van der Waals surface area contributed by atoms with Crippen molar-refractivity contribution in [3.05, 3.63) is 41.7 Å². The Balaban J connectivity index is 1.50. The summed E-state index contributed by atoms with van der Waals surface area (Å²) in [6.07, 6.45) is 3.76. The fraction of sp³-hybridized carbons (Fsp3) is 0.400. The van der Waals surface area contributed by atoms with E-state index in [1.54, 1.807) is 18.4 Å². The number of nitrogens with zero attached hydrogens (tertiary/aromatic N) is 4. The minimum Gasteiger partial charge on any atom is -0.459 e. The fourth-order valence-electron chi connectivity index (χ4n) is 2.88. The highest BCUT2D eigenvalue weighted by atomic mass is 16.5. The van der Waals surface area contributed by atoms with Gasteiger partial charge in [0.15, 0.2) is 17.3 Å². The second-order valence-corrected chi connectivity index (χ2v) is 5.49. The van der Waals surface area contributed by atoms with Gasteiger partial charge in [-0.1, -0.05) is 10.3 Å².